The molecule has 90 valence electrons. The van der Waals surface area contributed by atoms with Crippen LogP contribution >= 0.6 is 11.6 Å². The Hall–Kier alpha value is -0.770. The standard InChI is InChI=1S/C12H18ClNO2/c1-12(2,15)8-14-7-9-4-5-11(16-3)10(13)6-9/h4-6,14-15H,7-8H2,1-3H3. The molecular formula is C12H18ClNO2. The Labute approximate surface area is 101 Å². The smallest absolute Gasteiger partial charge is 0.137 e. The highest BCUT2D eigenvalue weighted by atomic mass is 35.5. The first-order valence-corrected chi connectivity index (χ1v) is 5.56. The predicted octanol–water partition coefficient (Wildman–Crippen LogP) is 2.21. The first kappa shape index (κ1) is 13.3. The van der Waals surface area contributed by atoms with Crippen LogP contribution in [0.15, 0.2) is 18.2 Å². The fourth-order valence-electron chi connectivity index (χ4n) is 1.33. The second-order valence-electron chi connectivity index (χ2n) is 4.38. The molecular weight excluding hydrogens is 226 g/mol. The van der Waals surface area contributed by atoms with Crippen molar-refractivity contribution in [1.82, 2.24) is 5.32 Å². The molecule has 0 bridgehead atoms. The topological polar surface area (TPSA) is 41.5 Å². The molecule has 16 heavy (non-hydrogen) atoms. The molecule has 2 N–H and O–H groups in total. The molecule has 3 nitrogen and oxygen atoms in total. The van der Waals surface area contributed by atoms with Crippen molar-refractivity contribution in [2.45, 2.75) is 26.0 Å². The molecule has 0 atom stereocenters. The van der Waals surface area contributed by atoms with E-state index >= 15 is 0 Å². The number of aliphatic hydroxyl groups is 1. The van der Waals surface area contributed by atoms with Crippen molar-refractivity contribution in [1.29, 1.82) is 0 Å². The molecule has 0 aliphatic rings. The van der Waals surface area contributed by atoms with Crippen molar-refractivity contribution in [3.05, 3.63) is 28.8 Å². The van der Waals surface area contributed by atoms with Crippen LogP contribution in [0.1, 0.15) is 19.4 Å². The molecule has 0 saturated heterocycles. The number of halogens is 1. The molecule has 1 rings (SSSR count). The molecule has 0 saturated carbocycles. The minimum Gasteiger partial charge on any atom is -0.495 e. The molecule has 0 amide bonds. The number of rotatable bonds is 5. The molecule has 0 heterocycles. The van der Waals surface area contributed by atoms with Crippen LogP contribution in [-0.4, -0.2) is 24.4 Å². The zero-order chi connectivity index (χ0) is 12.2. The number of methoxy groups -OCH3 is 1. The number of nitrogens with one attached hydrogen (secondary N) is 1. The molecule has 4 heteroatoms. The molecule has 0 aliphatic carbocycles. The normalized spacial score (nSPS) is 11.6. The SMILES string of the molecule is COc1ccc(CNCC(C)(C)O)cc1Cl. The monoisotopic (exact) mass is 243 g/mol. The summed E-state index contributed by atoms with van der Waals surface area (Å²) in [6.45, 7) is 4.74. The average molecular weight is 244 g/mol. The summed E-state index contributed by atoms with van der Waals surface area (Å²) in [5, 5.41) is 13.3. The summed E-state index contributed by atoms with van der Waals surface area (Å²) in [5.41, 5.74) is 0.367. The Morgan fingerprint density at radius 1 is 1.44 bits per heavy atom. The Bertz CT molecular complexity index is 347. The summed E-state index contributed by atoms with van der Waals surface area (Å²) >= 11 is 6.00. The first-order chi connectivity index (χ1) is 7.42. The third-order valence-electron chi connectivity index (χ3n) is 2.10. The quantitative estimate of drug-likeness (QED) is 0.833. The second kappa shape index (κ2) is 5.53. The first-order valence-electron chi connectivity index (χ1n) is 5.18. The predicted molar refractivity (Wildman–Crippen MR) is 66.0 cm³/mol. The highest BCUT2D eigenvalue weighted by Gasteiger charge is 2.11. The Morgan fingerprint density at radius 2 is 2.12 bits per heavy atom. The van der Waals surface area contributed by atoms with Gasteiger partial charge in [0.1, 0.15) is 5.75 Å². The molecule has 0 aliphatic heterocycles. The summed E-state index contributed by atoms with van der Waals surface area (Å²) in [6.07, 6.45) is 0. The maximum Gasteiger partial charge on any atom is 0.137 e. The lowest BCUT2D eigenvalue weighted by atomic mass is 10.1. The van der Waals surface area contributed by atoms with E-state index in [9.17, 15) is 5.11 Å². The van der Waals surface area contributed by atoms with Crippen molar-refractivity contribution in [2.24, 2.45) is 0 Å². The molecule has 0 radical (unpaired) electrons. The molecule has 0 spiro atoms. The van der Waals surface area contributed by atoms with E-state index in [1.165, 1.54) is 0 Å². The van der Waals surface area contributed by atoms with Gasteiger partial charge in [0.05, 0.1) is 17.7 Å². The minimum atomic E-state index is -0.698. The lowest BCUT2D eigenvalue weighted by Crippen LogP contribution is -2.34. The van der Waals surface area contributed by atoms with Gasteiger partial charge in [0.25, 0.3) is 0 Å². The van der Waals surface area contributed by atoms with Gasteiger partial charge in [-0.2, -0.15) is 0 Å². The van der Waals surface area contributed by atoms with Crippen molar-refractivity contribution < 1.29 is 9.84 Å². The third-order valence-corrected chi connectivity index (χ3v) is 2.40. The molecule has 1 aromatic carbocycles. The summed E-state index contributed by atoms with van der Waals surface area (Å²) in [5.74, 6) is 0.674. The fourth-order valence-corrected chi connectivity index (χ4v) is 1.61. The highest BCUT2D eigenvalue weighted by molar-refractivity contribution is 6.32. The number of ether oxygens (including phenoxy) is 1. The van der Waals surface area contributed by atoms with Gasteiger partial charge in [-0.25, -0.2) is 0 Å². The number of benzene rings is 1. The summed E-state index contributed by atoms with van der Waals surface area (Å²) in [6, 6.07) is 5.64. The maximum atomic E-state index is 9.52. The van der Waals surface area contributed by atoms with E-state index in [0.29, 0.717) is 23.9 Å². The Kier molecular flexibility index (Phi) is 4.59. The highest BCUT2D eigenvalue weighted by Crippen LogP contribution is 2.24. The fraction of sp³-hybridized carbons (Fsp3) is 0.500. The molecule has 1 aromatic rings. The maximum absolute atomic E-state index is 9.52. The van der Waals surface area contributed by atoms with Gasteiger partial charge in [-0.05, 0) is 31.5 Å². The van der Waals surface area contributed by atoms with Crippen molar-refractivity contribution in [3.63, 3.8) is 0 Å². The molecule has 0 fully saturated rings. The van der Waals surface area contributed by atoms with Crippen molar-refractivity contribution in [3.8, 4) is 5.75 Å². The van der Waals surface area contributed by atoms with Crippen molar-refractivity contribution in [2.75, 3.05) is 13.7 Å². The lowest BCUT2D eigenvalue weighted by molar-refractivity contribution is 0.0795. The van der Waals surface area contributed by atoms with Gasteiger partial charge in [0, 0.05) is 13.1 Å². The molecule has 0 unspecified atom stereocenters. The van der Waals surface area contributed by atoms with Crippen LogP contribution in [0, 0.1) is 0 Å². The van der Waals surface area contributed by atoms with Crippen LogP contribution in [0.5, 0.6) is 5.75 Å². The van der Waals surface area contributed by atoms with Gasteiger partial charge in [-0.3, -0.25) is 0 Å². The zero-order valence-corrected chi connectivity index (χ0v) is 10.6. The minimum absolute atomic E-state index is 0.538. The van der Waals surface area contributed by atoms with Crippen LogP contribution in [0.2, 0.25) is 5.02 Å². The zero-order valence-electron chi connectivity index (χ0n) is 9.88. The van der Waals surface area contributed by atoms with Crippen LogP contribution in [0.4, 0.5) is 0 Å². The van der Waals surface area contributed by atoms with E-state index < -0.39 is 5.60 Å². The largest absolute Gasteiger partial charge is 0.495 e. The summed E-state index contributed by atoms with van der Waals surface area (Å²) < 4.78 is 5.07. The van der Waals surface area contributed by atoms with Crippen LogP contribution in [0.25, 0.3) is 0 Å². The lowest BCUT2D eigenvalue weighted by Gasteiger charge is -2.17. The van der Waals surface area contributed by atoms with Gasteiger partial charge in [-0.15, -0.1) is 0 Å². The van der Waals surface area contributed by atoms with E-state index in [1.807, 2.05) is 18.2 Å². The Balaban J connectivity index is 2.52. The second-order valence-corrected chi connectivity index (χ2v) is 4.79. The average Bonchev–Trinajstić information content (AvgIpc) is 2.16. The van der Waals surface area contributed by atoms with Gasteiger partial charge >= 0.3 is 0 Å². The molecule has 0 aromatic heterocycles. The summed E-state index contributed by atoms with van der Waals surface area (Å²) in [4.78, 5) is 0. The number of hydrogen-bond acceptors (Lipinski definition) is 3. The number of hydrogen-bond donors (Lipinski definition) is 2. The van der Waals surface area contributed by atoms with Gasteiger partial charge < -0.3 is 15.2 Å². The van der Waals surface area contributed by atoms with Crippen LogP contribution in [-0.2, 0) is 6.54 Å². The van der Waals surface area contributed by atoms with Crippen LogP contribution in [0.3, 0.4) is 0 Å². The van der Waals surface area contributed by atoms with Gasteiger partial charge in [-0.1, -0.05) is 17.7 Å². The van der Waals surface area contributed by atoms with E-state index in [1.54, 1.807) is 21.0 Å². The third kappa shape index (κ3) is 4.39. The van der Waals surface area contributed by atoms with E-state index in [4.69, 9.17) is 16.3 Å². The Morgan fingerprint density at radius 3 is 2.62 bits per heavy atom. The van der Waals surface area contributed by atoms with Crippen molar-refractivity contribution >= 4 is 11.6 Å². The van der Waals surface area contributed by atoms with Gasteiger partial charge in [0.15, 0.2) is 0 Å². The summed E-state index contributed by atoms with van der Waals surface area (Å²) in [7, 11) is 1.59. The van der Waals surface area contributed by atoms with E-state index in [0.717, 1.165) is 5.56 Å². The van der Waals surface area contributed by atoms with E-state index in [2.05, 4.69) is 5.32 Å². The van der Waals surface area contributed by atoms with Gasteiger partial charge in [0.2, 0.25) is 0 Å². The van der Waals surface area contributed by atoms with Crippen LogP contribution < -0.4 is 10.1 Å². The van der Waals surface area contributed by atoms with E-state index in [-0.39, 0.29) is 0 Å².